The zero-order valence-corrected chi connectivity index (χ0v) is 11.2. The third kappa shape index (κ3) is 2.22. The molecule has 1 aliphatic heterocycles. The number of hydrogen-bond donors (Lipinski definition) is 0. The molecule has 1 aliphatic rings. The van der Waals surface area contributed by atoms with Crippen LogP contribution in [0.25, 0.3) is 0 Å². The van der Waals surface area contributed by atoms with Crippen LogP contribution >= 0.6 is 0 Å². The van der Waals surface area contributed by atoms with Gasteiger partial charge in [0.2, 0.25) is 10.0 Å². The van der Waals surface area contributed by atoms with E-state index in [2.05, 4.69) is 10.00 Å². The summed E-state index contributed by atoms with van der Waals surface area (Å²) in [6, 6.07) is 0. The van der Waals surface area contributed by atoms with E-state index in [4.69, 9.17) is 0 Å². The number of aromatic nitrogens is 2. The Balaban J connectivity index is 2.28. The molecular formula is C10H18N4O2S. The van der Waals surface area contributed by atoms with Gasteiger partial charge in [0.15, 0.2) is 0 Å². The van der Waals surface area contributed by atoms with Crippen molar-refractivity contribution in [3.05, 3.63) is 11.9 Å². The van der Waals surface area contributed by atoms with Crippen LogP contribution in [0.15, 0.2) is 11.1 Å². The van der Waals surface area contributed by atoms with Crippen molar-refractivity contribution in [1.82, 2.24) is 19.0 Å². The number of likely N-dealkylation sites (N-methyl/N-ethyl adjacent to an activating group) is 1. The molecule has 0 aliphatic carbocycles. The number of piperazine rings is 1. The molecule has 96 valence electrons. The first-order valence-electron chi connectivity index (χ1n) is 5.60. The highest BCUT2D eigenvalue weighted by Gasteiger charge is 2.30. The third-order valence-electron chi connectivity index (χ3n) is 3.27. The number of hydrogen-bond acceptors (Lipinski definition) is 4. The Kier molecular flexibility index (Phi) is 3.24. The molecule has 0 saturated carbocycles. The first-order valence-corrected chi connectivity index (χ1v) is 7.04. The standard InChI is InChI=1S/C10H18N4O2S/c1-9-10(8-11-13(9)3)17(15,16)14-6-4-12(2)5-7-14/h8H,4-7H2,1-3H3. The molecule has 1 fully saturated rings. The molecule has 0 unspecified atom stereocenters. The zero-order chi connectivity index (χ0) is 12.6. The summed E-state index contributed by atoms with van der Waals surface area (Å²) in [5.74, 6) is 0. The van der Waals surface area contributed by atoms with Gasteiger partial charge in [-0.3, -0.25) is 4.68 Å². The SMILES string of the molecule is Cc1c(S(=O)(=O)N2CCN(C)CC2)cnn1C. The highest BCUT2D eigenvalue weighted by Crippen LogP contribution is 2.19. The summed E-state index contributed by atoms with van der Waals surface area (Å²) in [7, 11) is 0.376. The number of aryl methyl sites for hydroxylation is 1. The second kappa shape index (κ2) is 4.40. The quantitative estimate of drug-likeness (QED) is 0.728. The van der Waals surface area contributed by atoms with E-state index in [9.17, 15) is 8.42 Å². The predicted octanol–water partition coefficient (Wildman–Crippen LogP) is -0.335. The summed E-state index contributed by atoms with van der Waals surface area (Å²) in [4.78, 5) is 2.45. The van der Waals surface area contributed by atoms with Crippen LogP contribution in [0, 0.1) is 6.92 Å². The molecule has 0 radical (unpaired) electrons. The Hall–Kier alpha value is -0.920. The van der Waals surface area contributed by atoms with Crippen LogP contribution in [0.4, 0.5) is 0 Å². The highest BCUT2D eigenvalue weighted by atomic mass is 32.2. The van der Waals surface area contributed by atoms with Gasteiger partial charge in [-0.2, -0.15) is 9.40 Å². The molecule has 1 saturated heterocycles. The van der Waals surface area contributed by atoms with E-state index in [1.807, 2.05) is 7.05 Å². The van der Waals surface area contributed by atoms with Crippen LogP contribution in [0.1, 0.15) is 5.69 Å². The Labute approximate surface area is 102 Å². The molecule has 6 nitrogen and oxygen atoms in total. The molecular weight excluding hydrogens is 240 g/mol. The lowest BCUT2D eigenvalue weighted by atomic mass is 10.4. The van der Waals surface area contributed by atoms with E-state index >= 15 is 0 Å². The van der Waals surface area contributed by atoms with Crippen molar-refractivity contribution >= 4 is 10.0 Å². The first kappa shape index (κ1) is 12.5. The second-order valence-electron chi connectivity index (χ2n) is 4.43. The summed E-state index contributed by atoms with van der Waals surface area (Å²) in [5, 5.41) is 3.99. The molecule has 0 atom stereocenters. The van der Waals surface area contributed by atoms with Gasteiger partial charge in [-0.05, 0) is 14.0 Å². The van der Waals surface area contributed by atoms with Crippen molar-refractivity contribution in [3.63, 3.8) is 0 Å². The highest BCUT2D eigenvalue weighted by molar-refractivity contribution is 7.89. The van der Waals surface area contributed by atoms with Crippen molar-refractivity contribution in [2.24, 2.45) is 7.05 Å². The van der Waals surface area contributed by atoms with Crippen molar-refractivity contribution in [2.45, 2.75) is 11.8 Å². The van der Waals surface area contributed by atoms with Gasteiger partial charge >= 0.3 is 0 Å². The zero-order valence-electron chi connectivity index (χ0n) is 10.4. The smallest absolute Gasteiger partial charge is 0.246 e. The number of nitrogens with zero attached hydrogens (tertiary/aromatic N) is 4. The number of rotatable bonds is 2. The molecule has 2 heterocycles. The Morgan fingerprint density at radius 1 is 1.18 bits per heavy atom. The normalized spacial score (nSPS) is 19.7. The summed E-state index contributed by atoms with van der Waals surface area (Å²) >= 11 is 0. The molecule has 0 bridgehead atoms. The van der Waals surface area contributed by atoms with Crippen LogP contribution in [0.3, 0.4) is 0 Å². The first-order chi connectivity index (χ1) is 7.93. The van der Waals surface area contributed by atoms with E-state index in [0.717, 1.165) is 13.1 Å². The molecule has 7 heteroatoms. The minimum atomic E-state index is -3.37. The monoisotopic (exact) mass is 258 g/mol. The average Bonchev–Trinajstić information content (AvgIpc) is 2.61. The Morgan fingerprint density at radius 3 is 2.24 bits per heavy atom. The Bertz CT molecular complexity index is 500. The van der Waals surface area contributed by atoms with E-state index < -0.39 is 10.0 Å². The fraction of sp³-hybridized carbons (Fsp3) is 0.700. The van der Waals surface area contributed by atoms with Gasteiger partial charge in [-0.1, -0.05) is 0 Å². The third-order valence-corrected chi connectivity index (χ3v) is 5.27. The van der Waals surface area contributed by atoms with Gasteiger partial charge in [0.05, 0.1) is 11.9 Å². The summed E-state index contributed by atoms with van der Waals surface area (Å²) in [6.45, 7) is 4.42. The fourth-order valence-electron chi connectivity index (χ4n) is 1.90. The lowest BCUT2D eigenvalue weighted by Gasteiger charge is -2.31. The van der Waals surface area contributed by atoms with Gasteiger partial charge < -0.3 is 4.90 Å². The van der Waals surface area contributed by atoms with Crippen LogP contribution < -0.4 is 0 Å². The maximum Gasteiger partial charge on any atom is 0.246 e. The van der Waals surface area contributed by atoms with Gasteiger partial charge in [-0.15, -0.1) is 0 Å². The molecule has 1 aromatic heterocycles. The van der Waals surface area contributed by atoms with Crippen molar-refractivity contribution in [2.75, 3.05) is 33.2 Å². The second-order valence-corrected chi connectivity index (χ2v) is 6.33. The van der Waals surface area contributed by atoms with E-state index in [1.54, 1.807) is 18.7 Å². The molecule has 1 aromatic rings. The van der Waals surface area contributed by atoms with E-state index in [-0.39, 0.29) is 0 Å². The predicted molar refractivity (Wildman–Crippen MR) is 64.2 cm³/mol. The van der Waals surface area contributed by atoms with Gasteiger partial charge in [-0.25, -0.2) is 8.42 Å². The molecule has 0 N–H and O–H groups in total. The van der Waals surface area contributed by atoms with Crippen LogP contribution in [0.5, 0.6) is 0 Å². The fourth-order valence-corrected chi connectivity index (χ4v) is 3.51. The van der Waals surface area contributed by atoms with Crippen LogP contribution in [-0.4, -0.2) is 60.6 Å². The van der Waals surface area contributed by atoms with Crippen molar-refractivity contribution < 1.29 is 8.42 Å². The van der Waals surface area contributed by atoms with Crippen molar-refractivity contribution in [1.29, 1.82) is 0 Å². The summed E-state index contributed by atoms with van der Waals surface area (Å²) < 4.78 is 27.9. The summed E-state index contributed by atoms with van der Waals surface area (Å²) in [6.07, 6.45) is 1.43. The maximum absolute atomic E-state index is 12.4. The molecule has 17 heavy (non-hydrogen) atoms. The molecule has 0 spiro atoms. The average molecular weight is 258 g/mol. The topological polar surface area (TPSA) is 58.4 Å². The lowest BCUT2D eigenvalue weighted by Crippen LogP contribution is -2.47. The van der Waals surface area contributed by atoms with Crippen LogP contribution in [-0.2, 0) is 17.1 Å². The lowest BCUT2D eigenvalue weighted by molar-refractivity contribution is 0.222. The minimum Gasteiger partial charge on any atom is -0.304 e. The van der Waals surface area contributed by atoms with Gasteiger partial charge in [0.1, 0.15) is 4.90 Å². The van der Waals surface area contributed by atoms with Crippen molar-refractivity contribution in [3.8, 4) is 0 Å². The van der Waals surface area contributed by atoms with Gasteiger partial charge in [0.25, 0.3) is 0 Å². The molecule has 2 rings (SSSR count). The maximum atomic E-state index is 12.4. The number of sulfonamides is 1. The van der Waals surface area contributed by atoms with E-state index in [1.165, 1.54) is 10.5 Å². The molecule has 0 amide bonds. The Morgan fingerprint density at radius 2 is 1.76 bits per heavy atom. The summed E-state index contributed by atoms with van der Waals surface area (Å²) in [5.41, 5.74) is 0.684. The van der Waals surface area contributed by atoms with Gasteiger partial charge in [0, 0.05) is 33.2 Å². The van der Waals surface area contributed by atoms with Crippen LogP contribution in [0.2, 0.25) is 0 Å². The largest absolute Gasteiger partial charge is 0.304 e. The molecule has 0 aromatic carbocycles. The van der Waals surface area contributed by atoms with E-state index in [0.29, 0.717) is 23.7 Å². The minimum absolute atomic E-state index is 0.324.